The minimum atomic E-state index is -4.34. The van der Waals surface area contributed by atoms with Crippen molar-refractivity contribution in [1.29, 1.82) is 0 Å². The maximum atomic E-state index is 12.5. The second-order valence-electron chi connectivity index (χ2n) is 4.29. The molecule has 0 amide bonds. The number of guanidine groups is 1. The standard InChI is InChI=1S/C13H14F3N5/c14-13(15,16)9-3-5-10(6-4-9)21-7-1-2-11(21)8-19-20-12(17)18/h1-7,19H,8H2,(H4,17,18,20). The van der Waals surface area contributed by atoms with Crippen molar-refractivity contribution in [1.82, 2.24) is 9.99 Å². The van der Waals surface area contributed by atoms with Crippen molar-refractivity contribution in [2.45, 2.75) is 12.7 Å². The Kier molecular flexibility index (Phi) is 4.06. The highest BCUT2D eigenvalue weighted by atomic mass is 19.4. The number of nitrogens with two attached hydrogens (primary N) is 2. The quantitative estimate of drug-likeness (QED) is 0.457. The molecule has 5 N–H and O–H groups in total. The molecule has 1 aromatic heterocycles. The molecule has 1 heterocycles. The third-order valence-electron chi connectivity index (χ3n) is 2.77. The Morgan fingerprint density at radius 1 is 1.14 bits per heavy atom. The summed E-state index contributed by atoms with van der Waals surface area (Å²) in [5.41, 5.74) is 13.8. The van der Waals surface area contributed by atoms with E-state index in [1.807, 2.05) is 6.07 Å². The van der Waals surface area contributed by atoms with E-state index in [2.05, 4.69) is 10.5 Å². The van der Waals surface area contributed by atoms with Gasteiger partial charge in [0.2, 0.25) is 5.96 Å². The van der Waals surface area contributed by atoms with E-state index in [-0.39, 0.29) is 5.96 Å². The molecule has 2 rings (SSSR count). The predicted molar refractivity (Wildman–Crippen MR) is 73.4 cm³/mol. The first-order valence-electron chi connectivity index (χ1n) is 6.03. The minimum Gasteiger partial charge on any atom is -0.369 e. The zero-order chi connectivity index (χ0) is 15.5. The Bertz CT molecular complexity index is 624. The minimum absolute atomic E-state index is 0.0948. The molecule has 0 aliphatic carbocycles. The second-order valence-corrected chi connectivity index (χ2v) is 4.29. The van der Waals surface area contributed by atoms with Crippen LogP contribution in [0.25, 0.3) is 5.69 Å². The van der Waals surface area contributed by atoms with Crippen molar-refractivity contribution < 1.29 is 13.2 Å². The average molecular weight is 297 g/mol. The molecule has 1 aromatic carbocycles. The Hall–Kier alpha value is -2.64. The van der Waals surface area contributed by atoms with Crippen LogP contribution in [0.5, 0.6) is 0 Å². The van der Waals surface area contributed by atoms with Crippen molar-refractivity contribution in [3.05, 3.63) is 53.9 Å². The number of rotatable bonds is 4. The van der Waals surface area contributed by atoms with E-state index in [4.69, 9.17) is 11.5 Å². The van der Waals surface area contributed by atoms with Gasteiger partial charge in [-0.1, -0.05) is 0 Å². The molecule has 0 radical (unpaired) electrons. The second kappa shape index (κ2) is 5.78. The van der Waals surface area contributed by atoms with Crippen molar-refractivity contribution in [3.8, 4) is 5.69 Å². The highest BCUT2D eigenvalue weighted by Gasteiger charge is 2.29. The van der Waals surface area contributed by atoms with Crippen LogP contribution in [0.4, 0.5) is 13.2 Å². The number of hydrazone groups is 1. The number of aromatic nitrogens is 1. The summed E-state index contributed by atoms with van der Waals surface area (Å²) < 4.78 is 39.3. The van der Waals surface area contributed by atoms with Gasteiger partial charge in [0, 0.05) is 17.6 Å². The smallest absolute Gasteiger partial charge is 0.369 e. The molecule has 2 aromatic rings. The molecule has 0 unspecified atom stereocenters. The van der Waals surface area contributed by atoms with Gasteiger partial charge in [-0.25, -0.2) is 0 Å². The van der Waals surface area contributed by atoms with Crippen molar-refractivity contribution in [2.75, 3.05) is 0 Å². The first-order valence-corrected chi connectivity index (χ1v) is 6.03. The van der Waals surface area contributed by atoms with E-state index in [1.165, 1.54) is 12.1 Å². The van der Waals surface area contributed by atoms with Crippen molar-refractivity contribution >= 4 is 5.96 Å². The van der Waals surface area contributed by atoms with E-state index in [0.29, 0.717) is 12.2 Å². The van der Waals surface area contributed by atoms with Crippen LogP contribution in [0.1, 0.15) is 11.3 Å². The van der Waals surface area contributed by atoms with Crippen LogP contribution in [0.2, 0.25) is 0 Å². The van der Waals surface area contributed by atoms with Gasteiger partial charge in [0.1, 0.15) is 0 Å². The molecule has 0 atom stereocenters. The molecule has 0 saturated carbocycles. The zero-order valence-electron chi connectivity index (χ0n) is 10.9. The normalized spacial score (nSPS) is 11.2. The predicted octanol–water partition coefficient (Wildman–Crippen LogP) is 1.77. The van der Waals surface area contributed by atoms with E-state index < -0.39 is 11.7 Å². The Labute approximate surface area is 119 Å². The Morgan fingerprint density at radius 2 is 1.81 bits per heavy atom. The summed E-state index contributed by atoms with van der Waals surface area (Å²) in [6, 6.07) is 8.50. The van der Waals surface area contributed by atoms with Crippen molar-refractivity contribution in [2.24, 2.45) is 16.6 Å². The summed E-state index contributed by atoms with van der Waals surface area (Å²) in [5.74, 6) is -0.0948. The van der Waals surface area contributed by atoms with Crippen LogP contribution in [-0.2, 0) is 12.7 Å². The molecular weight excluding hydrogens is 283 g/mol. The Morgan fingerprint density at radius 3 is 2.38 bits per heavy atom. The SMILES string of the molecule is NC(N)=NNCc1cccn1-c1ccc(C(F)(F)F)cc1. The Balaban J connectivity index is 2.19. The van der Waals surface area contributed by atoms with Gasteiger partial charge in [-0.15, -0.1) is 5.10 Å². The summed E-state index contributed by atoms with van der Waals surface area (Å²) in [4.78, 5) is 0. The highest BCUT2D eigenvalue weighted by Crippen LogP contribution is 2.29. The molecular formula is C13H14F3N5. The fraction of sp³-hybridized carbons (Fsp3) is 0.154. The van der Waals surface area contributed by atoms with Gasteiger partial charge in [0.25, 0.3) is 0 Å². The first-order chi connectivity index (χ1) is 9.88. The average Bonchev–Trinajstić information content (AvgIpc) is 2.86. The molecule has 0 aliphatic rings. The summed E-state index contributed by atoms with van der Waals surface area (Å²) in [6.07, 6.45) is -2.60. The highest BCUT2D eigenvalue weighted by molar-refractivity contribution is 5.75. The van der Waals surface area contributed by atoms with Gasteiger partial charge < -0.3 is 21.5 Å². The van der Waals surface area contributed by atoms with E-state index in [1.54, 1.807) is 16.8 Å². The molecule has 5 nitrogen and oxygen atoms in total. The third kappa shape index (κ3) is 3.68. The molecule has 0 bridgehead atoms. The van der Waals surface area contributed by atoms with Gasteiger partial charge in [0.15, 0.2) is 0 Å². The largest absolute Gasteiger partial charge is 0.416 e. The van der Waals surface area contributed by atoms with Gasteiger partial charge in [-0.3, -0.25) is 0 Å². The lowest BCUT2D eigenvalue weighted by Gasteiger charge is -2.11. The van der Waals surface area contributed by atoms with Gasteiger partial charge >= 0.3 is 6.18 Å². The third-order valence-corrected chi connectivity index (χ3v) is 2.77. The molecule has 0 spiro atoms. The number of nitrogens with zero attached hydrogens (tertiary/aromatic N) is 2. The lowest BCUT2D eigenvalue weighted by Crippen LogP contribution is -2.26. The van der Waals surface area contributed by atoms with Crippen LogP contribution in [-0.4, -0.2) is 10.5 Å². The lowest BCUT2D eigenvalue weighted by atomic mass is 10.2. The molecule has 8 heteroatoms. The lowest BCUT2D eigenvalue weighted by molar-refractivity contribution is -0.137. The summed E-state index contributed by atoms with van der Waals surface area (Å²) >= 11 is 0. The molecule has 21 heavy (non-hydrogen) atoms. The summed E-state index contributed by atoms with van der Waals surface area (Å²) in [6.45, 7) is 0.339. The van der Waals surface area contributed by atoms with Gasteiger partial charge in [-0.2, -0.15) is 13.2 Å². The number of alkyl halides is 3. The van der Waals surface area contributed by atoms with Gasteiger partial charge in [0.05, 0.1) is 12.1 Å². The number of hydrogen-bond acceptors (Lipinski definition) is 2. The molecule has 0 aliphatic heterocycles. The topological polar surface area (TPSA) is 81.4 Å². The van der Waals surface area contributed by atoms with Crippen LogP contribution in [0.3, 0.4) is 0 Å². The van der Waals surface area contributed by atoms with E-state index in [9.17, 15) is 13.2 Å². The number of halogens is 3. The maximum Gasteiger partial charge on any atom is 0.416 e. The van der Waals surface area contributed by atoms with Crippen LogP contribution in [0, 0.1) is 0 Å². The fourth-order valence-electron chi connectivity index (χ4n) is 1.84. The van der Waals surface area contributed by atoms with Gasteiger partial charge in [-0.05, 0) is 36.4 Å². The molecule has 0 fully saturated rings. The van der Waals surface area contributed by atoms with Crippen molar-refractivity contribution in [3.63, 3.8) is 0 Å². The number of hydrogen-bond donors (Lipinski definition) is 3. The van der Waals surface area contributed by atoms with Crippen LogP contribution < -0.4 is 16.9 Å². The molecule has 112 valence electrons. The summed E-state index contributed by atoms with van der Waals surface area (Å²) in [7, 11) is 0. The monoisotopic (exact) mass is 297 g/mol. The molecule has 0 saturated heterocycles. The fourth-order valence-corrected chi connectivity index (χ4v) is 1.84. The summed E-state index contributed by atoms with van der Waals surface area (Å²) in [5, 5.41) is 3.64. The van der Waals surface area contributed by atoms with E-state index in [0.717, 1.165) is 17.8 Å². The number of nitrogens with one attached hydrogen (secondary N) is 1. The zero-order valence-corrected chi connectivity index (χ0v) is 10.9. The first kappa shape index (κ1) is 14.8. The van der Waals surface area contributed by atoms with Crippen LogP contribution in [0.15, 0.2) is 47.7 Å². The number of benzene rings is 1. The van der Waals surface area contributed by atoms with Crippen LogP contribution >= 0.6 is 0 Å². The maximum absolute atomic E-state index is 12.5. The van der Waals surface area contributed by atoms with E-state index >= 15 is 0 Å².